The molecule has 3 heteroatoms. The van der Waals surface area contributed by atoms with Gasteiger partial charge in [-0.3, -0.25) is 0 Å². The summed E-state index contributed by atoms with van der Waals surface area (Å²) in [4.78, 5) is 4.08. The van der Waals surface area contributed by atoms with Gasteiger partial charge in [0.15, 0.2) is 12.0 Å². The van der Waals surface area contributed by atoms with Crippen molar-refractivity contribution in [2.24, 2.45) is 0 Å². The van der Waals surface area contributed by atoms with Gasteiger partial charge in [0.25, 0.3) is 0 Å². The van der Waals surface area contributed by atoms with Gasteiger partial charge in [-0.15, -0.1) is 0 Å². The number of aromatic nitrogens is 1. The predicted molar refractivity (Wildman–Crippen MR) is 46.4 cm³/mol. The SMILES string of the molecule is Cc1c(Br)ccc2ocnc12. The summed E-state index contributed by atoms with van der Waals surface area (Å²) in [6.07, 6.45) is 1.46. The Balaban J connectivity index is 2.93. The molecule has 0 spiro atoms. The van der Waals surface area contributed by atoms with Gasteiger partial charge in [0.05, 0.1) is 0 Å². The molecular formula is C8H6BrNO. The van der Waals surface area contributed by atoms with E-state index < -0.39 is 0 Å². The molecule has 1 aromatic carbocycles. The van der Waals surface area contributed by atoms with Gasteiger partial charge < -0.3 is 4.42 Å². The highest BCUT2D eigenvalue weighted by atomic mass is 79.9. The fourth-order valence-electron chi connectivity index (χ4n) is 1.04. The Morgan fingerprint density at radius 2 is 2.27 bits per heavy atom. The highest BCUT2D eigenvalue weighted by Crippen LogP contribution is 2.23. The number of fused-ring (bicyclic) bond motifs is 1. The molecule has 0 atom stereocenters. The summed E-state index contributed by atoms with van der Waals surface area (Å²) in [6.45, 7) is 2.01. The van der Waals surface area contributed by atoms with E-state index in [4.69, 9.17) is 4.42 Å². The number of hydrogen-bond acceptors (Lipinski definition) is 2. The normalized spacial score (nSPS) is 10.7. The van der Waals surface area contributed by atoms with Gasteiger partial charge in [0, 0.05) is 4.47 Å². The third-order valence-electron chi connectivity index (χ3n) is 1.69. The van der Waals surface area contributed by atoms with E-state index in [1.165, 1.54) is 6.39 Å². The molecule has 0 unspecified atom stereocenters. The third kappa shape index (κ3) is 0.959. The van der Waals surface area contributed by atoms with Gasteiger partial charge in [-0.05, 0) is 24.6 Å². The van der Waals surface area contributed by atoms with Crippen LogP contribution in [0, 0.1) is 6.92 Å². The minimum atomic E-state index is 0.839. The van der Waals surface area contributed by atoms with E-state index in [1.807, 2.05) is 19.1 Å². The van der Waals surface area contributed by atoms with Crippen LogP contribution in [0.4, 0.5) is 0 Å². The number of nitrogens with zero attached hydrogens (tertiary/aromatic N) is 1. The second-order valence-corrected chi connectivity index (χ2v) is 3.23. The highest BCUT2D eigenvalue weighted by Gasteiger charge is 2.03. The maximum Gasteiger partial charge on any atom is 0.181 e. The summed E-state index contributed by atoms with van der Waals surface area (Å²) in [5.74, 6) is 0. The zero-order valence-corrected chi connectivity index (χ0v) is 7.55. The molecule has 0 radical (unpaired) electrons. The number of hydrogen-bond donors (Lipinski definition) is 0. The van der Waals surface area contributed by atoms with Gasteiger partial charge >= 0.3 is 0 Å². The van der Waals surface area contributed by atoms with Crippen LogP contribution in [0.5, 0.6) is 0 Å². The molecule has 1 aromatic heterocycles. The second-order valence-electron chi connectivity index (χ2n) is 2.37. The van der Waals surface area contributed by atoms with Gasteiger partial charge in [0.1, 0.15) is 5.52 Å². The molecular weight excluding hydrogens is 206 g/mol. The van der Waals surface area contributed by atoms with Crippen LogP contribution < -0.4 is 0 Å². The number of rotatable bonds is 0. The number of oxazole rings is 1. The van der Waals surface area contributed by atoms with Crippen molar-refractivity contribution < 1.29 is 4.42 Å². The lowest BCUT2D eigenvalue weighted by Crippen LogP contribution is -1.77. The average molecular weight is 212 g/mol. The zero-order valence-electron chi connectivity index (χ0n) is 5.97. The summed E-state index contributed by atoms with van der Waals surface area (Å²) in [6, 6.07) is 3.86. The molecule has 2 aromatic rings. The Bertz CT molecular complexity index is 394. The largest absolute Gasteiger partial charge is 0.443 e. The van der Waals surface area contributed by atoms with Gasteiger partial charge in [-0.25, -0.2) is 4.98 Å². The summed E-state index contributed by atoms with van der Waals surface area (Å²) >= 11 is 3.42. The molecule has 0 N–H and O–H groups in total. The topological polar surface area (TPSA) is 26.0 Å². The molecule has 0 fully saturated rings. The van der Waals surface area contributed by atoms with E-state index in [0.29, 0.717) is 0 Å². The molecule has 0 aliphatic carbocycles. The molecule has 0 aliphatic rings. The standard InChI is InChI=1S/C8H6BrNO/c1-5-6(9)2-3-7-8(5)10-4-11-7/h2-4H,1H3. The zero-order chi connectivity index (χ0) is 7.84. The van der Waals surface area contributed by atoms with Gasteiger partial charge in [-0.2, -0.15) is 0 Å². The Morgan fingerprint density at radius 3 is 3.09 bits per heavy atom. The lowest BCUT2D eigenvalue weighted by atomic mass is 10.2. The first-order valence-electron chi connectivity index (χ1n) is 3.27. The van der Waals surface area contributed by atoms with Crippen molar-refractivity contribution in [2.45, 2.75) is 6.92 Å². The highest BCUT2D eigenvalue weighted by molar-refractivity contribution is 9.10. The van der Waals surface area contributed by atoms with Crippen LogP contribution in [-0.2, 0) is 0 Å². The van der Waals surface area contributed by atoms with E-state index in [1.54, 1.807) is 0 Å². The molecule has 0 saturated heterocycles. The minimum absolute atomic E-state index is 0.839. The molecule has 1 heterocycles. The molecule has 11 heavy (non-hydrogen) atoms. The molecule has 2 nitrogen and oxygen atoms in total. The summed E-state index contributed by atoms with van der Waals surface area (Å²) in [7, 11) is 0. The fraction of sp³-hybridized carbons (Fsp3) is 0.125. The first-order chi connectivity index (χ1) is 5.29. The molecule has 0 amide bonds. The first kappa shape index (κ1) is 6.85. The van der Waals surface area contributed by atoms with Crippen molar-refractivity contribution in [1.82, 2.24) is 4.98 Å². The van der Waals surface area contributed by atoms with Crippen LogP contribution >= 0.6 is 15.9 Å². The molecule has 0 bridgehead atoms. The first-order valence-corrected chi connectivity index (χ1v) is 4.06. The van der Waals surface area contributed by atoms with Crippen LogP contribution in [-0.4, -0.2) is 4.98 Å². The van der Waals surface area contributed by atoms with Gasteiger partial charge in [0.2, 0.25) is 0 Å². The Hall–Kier alpha value is -0.830. The van der Waals surface area contributed by atoms with E-state index in [2.05, 4.69) is 20.9 Å². The molecule has 56 valence electrons. The van der Waals surface area contributed by atoms with E-state index in [9.17, 15) is 0 Å². The van der Waals surface area contributed by atoms with Crippen LogP contribution in [0.2, 0.25) is 0 Å². The van der Waals surface area contributed by atoms with E-state index in [-0.39, 0.29) is 0 Å². The Kier molecular flexibility index (Phi) is 1.46. The lowest BCUT2D eigenvalue weighted by molar-refractivity contribution is 0.602. The lowest BCUT2D eigenvalue weighted by Gasteiger charge is -1.95. The maximum absolute atomic E-state index is 5.12. The number of halogens is 1. The molecule has 0 aliphatic heterocycles. The van der Waals surface area contributed by atoms with Crippen LogP contribution in [0.25, 0.3) is 11.1 Å². The average Bonchev–Trinajstić information content (AvgIpc) is 2.45. The fourth-order valence-corrected chi connectivity index (χ4v) is 1.36. The van der Waals surface area contributed by atoms with Crippen molar-refractivity contribution in [3.05, 3.63) is 28.6 Å². The van der Waals surface area contributed by atoms with Crippen LogP contribution in [0.15, 0.2) is 27.4 Å². The number of aryl methyl sites for hydroxylation is 1. The van der Waals surface area contributed by atoms with Crippen molar-refractivity contribution in [2.75, 3.05) is 0 Å². The van der Waals surface area contributed by atoms with Gasteiger partial charge in [-0.1, -0.05) is 15.9 Å². The Morgan fingerprint density at radius 1 is 1.45 bits per heavy atom. The van der Waals surface area contributed by atoms with Crippen LogP contribution in [0.1, 0.15) is 5.56 Å². The summed E-state index contributed by atoms with van der Waals surface area (Å²) < 4.78 is 6.19. The second kappa shape index (κ2) is 2.34. The minimum Gasteiger partial charge on any atom is -0.443 e. The maximum atomic E-state index is 5.12. The van der Waals surface area contributed by atoms with Crippen molar-refractivity contribution in [3.63, 3.8) is 0 Å². The summed E-state index contributed by atoms with van der Waals surface area (Å²) in [5.41, 5.74) is 2.89. The molecule has 2 rings (SSSR count). The monoisotopic (exact) mass is 211 g/mol. The predicted octanol–water partition coefficient (Wildman–Crippen LogP) is 2.90. The smallest absolute Gasteiger partial charge is 0.181 e. The summed E-state index contributed by atoms with van der Waals surface area (Å²) in [5, 5.41) is 0. The number of benzene rings is 1. The van der Waals surface area contributed by atoms with E-state index >= 15 is 0 Å². The van der Waals surface area contributed by atoms with E-state index in [0.717, 1.165) is 21.1 Å². The quantitative estimate of drug-likeness (QED) is 0.670. The molecule has 0 saturated carbocycles. The Labute approximate surface area is 72.4 Å². The van der Waals surface area contributed by atoms with Crippen LogP contribution in [0.3, 0.4) is 0 Å². The third-order valence-corrected chi connectivity index (χ3v) is 2.55. The van der Waals surface area contributed by atoms with Crippen molar-refractivity contribution in [3.8, 4) is 0 Å². The van der Waals surface area contributed by atoms with Crippen molar-refractivity contribution in [1.29, 1.82) is 0 Å². The van der Waals surface area contributed by atoms with Crippen molar-refractivity contribution >= 4 is 27.0 Å².